The van der Waals surface area contributed by atoms with Crippen LogP contribution >= 0.6 is 0 Å². The van der Waals surface area contributed by atoms with Gasteiger partial charge in [0.1, 0.15) is 6.04 Å². The van der Waals surface area contributed by atoms with Crippen molar-refractivity contribution >= 4 is 17.8 Å². The fraction of sp³-hybridized carbons (Fsp3) is 0.526. The molecular weight excluding hydrogens is 318 g/mol. The number of carbonyl (C=O) groups excluding carboxylic acids is 3. The van der Waals surface area contributed by atoms with Crippen LogP contribution in [0.1, 0.15) is 63.6 Å². The Bertz CT molecular complexity index is 640. The average Bonchev–Trinajstić information content (AvgIpc) is 2.89. The first-order valence-electron chi connectivity index (χ1n) is 8.82. The quantitative estimate of drug-likeness (QED) is 0.664. The summed E-state index contributed by atoms with van der Waals surface area (Å²) in [6.45, 7) is 8.43. The summed E-state index contributed by atoms with van der Waals surface area (Å²) in [7, 11) is 0. The molecule has 136 valence electrons. The first kappa shape index (κ1) is 19.0. The number of carbonyl (C=O) groups is 3. The highest BCUT2D eigenvalue weighted by Crippen LogP contribution is 2.25. The normalized spacial score (nSPS) is 19.3. The van der Waals surface area contributed by atoms with Gasteiger partial charge in [-0.25, -0.2) is 4.79 Å². The van der Waals surface area contributed by atoms with Crippen LogP contribution in [0.2, 0.25) is 0 Å². The van der Waals surface area contributed by atoms with Gasteiger partial charge in [0.15, 0.2) is 0 Å². The summed E-state index contributed by atoms with van der Waals surface area (Å²) in [6, 6.07) is 6.83. The summed E-state index contributed by atoms with van der Waals surface area (Å²) in [4.78, 5) is 35.0. The number of nitrogens with one attached hydrogen (secondary N) is 3. The first-order chi connectivity index (χ1) is 11.8. The predicted octanol–water partition coefficient (Wildman–Crippen LogP) is 2.61. The molecule has 0 unspecified atom stereocenters. The maximum atomic E-state index is 12.3. The number of hydrogen-bond donors (Lipinski definition) is 3. The van der Waals surface area contributed by atoms with E-state index in [9.17, 15) is 14.4 Å². The molecule has 1 saturated heterocycles. The average molecular weight is 345 g/mol. The Hall–Kier alpha value is -2.37. The lowest BCUT2D eigenvalue weighted by Gasteiger charge is -2.24. The number of hydrogen-bond acceptors (Lipinski definition) is 3. The zero-order chi connectivity index (χ0) is 18.6. The van der Waals surface area contributed by atoms with Crippen LogP contribution in [-0.2, 0) is 9.59 Å². The van der Waals surface area contributed by atoms with Crippen molar-refractivity contribution in [2.24, 2.45) is 5.92 Å². The molecule has 3 atom stereocenters. The van der Waals surface area contributed by atoms with Crippen molar-refractivity contribution in [1.29, 1.82) is 0 Å². The van der Waals surface area contributed by atoms with Crippen LogP contribution in [0.4, 0.5) is 4.79 Å². The minimum absolute atomic E-state index is 0.0637. The van der Waals surface area contributed by atoms with E-state index < -0.39 is 18.0 Å². The van der Waals surface area contributed by atoms with Crippen LogP contribution in [0, 0.1) is 5.92 Å². The van der Waals surface area contributed by atoms with E-state index in [1.54, 1.807) is 0 Å². The van der Waals surface area contributed by atoms with Crippen LogP contribution in [-0.4, -0.2) is 23.9 Å². The zero-order valence-electron chi connectivity index (χ0n) is 15.3. The van der Waals surface area contributed by atoms with Crippen molar-refractivity contribution in [1.82, 2.24) is 16.0 Å². The molecular formula is C19H27N3O3. The van der Waals surface area contributed by atoms with E-state index in [-0.39, 0.29) is 24.3 Å². The lowest BCUT2D eigenvalue weighted by molar-refractivity contribution is -0.127. The van der Waals surface area contributed by atoms with Crippen molar-refractivity contribution in [3.8, 4) is 0 Å². The minimum atomic E-state index is -0.798. The first-order valence-corrected chi connectivity index (χ1v) is 8.82. The molecule has 1 fully saturated rings. The second-order valence-corrected chi connectivity index (χ2v) is 6.98. The highest BCUT2D eigenvalue weighted by molar-refractivity contribution is 6.05. The Morgan fingerprint density at radius 1 is 1.12 bits per heavy atom. The molecule has 0 saturated carbocycles. The molecule has 1 aromatic rings. The molecule has 0 spiro atoms. The maximum absolute atomic E-state index is 12.3. The smallest absolute Gasteiger partial charge is 0.322 e. The molecule has 0 bridgehead atoms. The number of benzene rings is 1. The Kier molecular flexibility index (Phi) is 6.17. The molecule has 0 aromatic heterocycles. The largest absolute Gasteiger partial charge is 0.349 e. The second-order valence-electron chi connectivity index (χ2n) is 6.98. The van der Waals surface area contributed by atoms with Gasteiger partial charge in [0.25, 0.3) is 5.91 Å². The van der Waals surface area contributed by atoms with Gasteiger partial charge in [-0.05, 0) is 29.4 Å². The van der Waals surface area contributed by atoms with E-state index in [0.29, 0.717) is 5.92 Å². The summed E-state index contributed by atoms with van der Waals surface area (Å²) >= 11 is 0. The van der Waals surface area contributed by atoms with E-state index in [4.69, 9.17) is 0 Å². The van der Waals surface area contributed by atoms with Gasteiger partial charge in [0.2, 0.25) is 5.91 Å². The second kappa shape index (κ2) is 8.14. The number of rotatable bonds is 7. The molecule has 4 amide bonds. The van der Waals surface area contributed by atoms with Gasteiger partial charge in [-0.2, -0.15) is 0 Å². The van der Waals surface area contributed by atoms with Crippen molar-refractivity contribution in [2.45, 2.75) is 58.5 Å². The highest BCUT2D eigenvalue weighted by atomic mass is 16.2. The molecule has 25 heavy (non-hydrogen) atoms. The van der Waals surface area contributed by atoms with E-state index in [1.165, 1.54) is 5.56 Å². The van der Waals surface area contributed by atoms with Crippen molar-refractivity contribution in [3.63, 3.8) is 0 Å². The molecule has 0 aliphatic carbocycles. The third kappa shape index (κ3) is 4.81. The van der Waals surface area contributed by atoms with Gasteiger partial charge >= 0.3 is 6.03 Å². The Morgan fingerprint density at radius 2 is 1.72 bits per heavy atom. The van der Waals surface area contributed by atoms with Gasteiger partial charge in [-0.15, -0.1) is 0 Å². The van der Waals surface area contributed by atoms with Gasteiger partial charge in [-0.3, -0.25) is 14.9 Å². The van der Waals surface area contributed by atoms with Crippen LogP contribution in [0.25, 0.3) is 0 Å². The molecule has 2 rings (SSSR count). The van der Waals surface area contributed by atoms with Crippen LogP contribution in [0.3, 0.4) is 0 Å². The monoisotopic (exact) mass is 345 g/mol. The zero-order valence-corrected chi connectivity index (χ0v) is 15.3. The summed E-state index contributed by atoms with van der Waals surface area (Å²) in [6.07, 6.45) is 1.02. The van der Waals surface area contributed by atoms with Gasteiger partial charge in [0, 0.05) is 0 Å². The predicted molar refractivity (Wildman–Crippen MR) is 95.9 cm³/mol. The summed E-state index contributed by atoms with van der Waals surface area (Å²) < 4.78 is 0. The van der Waals surface area contributed by atoms with E-state index in [0.717, 1.165) is 12.0 Å². The Balaban J connectivity index is 2.04. The van der Waals surface area contributed by atoms with E-state index in [2.05, 4.69) is 54.1 Å². The summed E-state index contributed by atoms with van der Waals surface area (Å²) in [5.74, 6) is -0.0118. The van der Waals surface area contributed by atoms with E-state index in [1.807, 2.05) is 13.8 Å². The molecule has 1 aliphatic rings. The van der Waals surface area contributed by atoms with Crippen molar-refractivity contribution in [3.05, 3.63) is 35.4 Å². The molecule has 0 radical (unpaired) electrons. The van der Waals surface area contributed by atoms with Crippen LogP contribution < -0.4 is 16.0 Å². The fourth-order valence-corrected chi connectivity index (χ4v) is 2.92. The van der Waals surface area contributed by atoms with Gasteiger partial charge in [-0.1, -0.05) is 52.0 Å². The topological polar surface area (TPSA) is 87.3 Å². The SMILES string of the molecule is CC[C@H](C)c1ccc([C@@H](NC(=O)C[C@@H]2NC(=O)NC2=O)C(C)C)cc1. The molecule has 1 aromatic carbocycles. The molecule has 1 aliphatic heterocycles. The summed E-state index contributed by atoms with van der Waals surface area (Å²) in [5, 5.41) is 7.56. The molecule has 6 nitrogen and oxygen atoms in total. The standard InChI is InChI=1S/C19H27N3O3/c1-5-12(4)13-6-8-14(9-7-13)17(11(2)3)21-16(23)10-15-18(24)22-19(25)20-15/h6-9,11-12,15,17H,5,10H2,1-4H3,(H,21,23)(H2,20,22,24,25)/t12-,15-,17-/m0/s1. The third-order valence-electron chi connectivity index (χ3n) is 4.71. The number of imide groups is 1. The van der Waals surface area contributed by atoms with E-state index >= 15 is 0 Å². The van der Waals surface area contributed by atoms with Gasteiger partial charge in [0.05, 0.1) is 12.5 Å². The molecule has 1 heterocycles. The Morgan fingerprint density at radius 3 is 2.20 bits per heavy atom. The lowest BCUT2D eigenvalue weighted by atomic mass is 9.92. The van der Waals surface area contributed by atoms with Crippen LogP contribution in [0.5, 0.6) is 0 Å². The Labute approximate surface area is 148 Å². The van der Waals surface area contributed by atoms with Crippen LogP contribution in [0.15, 0.2) is 24.3 Å². The lowest BCUT2D eigenvalue weighted by Crippen LogP contribution is -2.38. The number of urea groups is 1. The highest BCUT2D eigenvalue weighted by Gasteiger charge is 2.32. The van der Waals surface area contributed by atoms with Crippen molar-refractivity contribution < 1.29 is 14.4 Å². The molecule has 6 heteroatoms. The fourth-order valence-electron chi connectivity index (χ4n) is 2.92. The van der Waals surface area contributed by atoms with Gasteiger partial charge < -0.3 is 10.6 Å². The maximum Gasteiger partial charge on any atom is 0.322 e. The molecule has 3 N–H and O–H groups in total. The summed E-state index contributed by atoms with van der Waals surface area (Å²) in [5.41, 5.74) is 2.32. The third-order valence-corrected chi connectivity index (χ3v) is 4.71. The number of amides is 4. The van der Waals surface area contributed by atoms with Crippen molar-refractivity contribution in [2.75, 3.05) is 0 Å². The minimum Gasteiger partial charge on any atom is -0.349 e.